The molecule has 1 aromatic carbocycles. The largest absolute Gasteiger partial charge is 0.508 e. The second-order valence-electron chi connectivity index (χ2n) is 6.83. The van der Waals surface area contributed by atoms with Crippen molar-refractivity contribution in [1.82, 2.24) is 10.2 Å². The fourth-order valence-corrected chi connectivity index (χ4v) is 4.23. The third-order valence-electron chi connectivity index (χ3n) is 5.30. The van der Waals surface area contributed by atoms with Crippen molar-refractivity contribution in [2.45, 2.75) is 25.2 Å². The lowest BCUT2D eigenvalue weighted by atomic mass is 9.74. The SMILES string of the molecule is COC(=O)C1=C2C(=O)NCCN2C2=C(C(=O)CCC2)[C@@H]1c1cccc(O)c1. The van der Waals surface area contributed by atoms with Crippen molar-refractivity contribution >= 4 is 17.7 Å². The highest BCUT2D eigenvalue weighted by atomic mass is 16.5. The first-order valence-corrected chi connectivity index (χ1v) is 8.96. The Morgan fingerprint density at radius 2 is 2.11 bits per heavy atom. The summed E-state index contributed by atoms with van der Waals surface area (Å²) in [4.78, 5) is 40.1. The monoisotopic (exact) mass is 368 g/mol. The van der Waals surface area contributed by atoms with Crippen molar-refractivity contribution in [1.29, 1.82) is 0 Å². The molecule has 0 bridgehead atoms. The van der Waals surface area contributed by atoms with E-state index in [0.717, 1.165) is 5.70 Å². The lowest BCUT2D eigenvalue weighted by molar-refractivity contribution is -0.137. The molecule has 0 aromatic heterocycles. The van der Waals surface area contributed by atoms with Crippen LogP contribution in [-0.2, 0) is 19.1 Å². The van der Waals surface area contributed by atoms with Crippen LogP contribution in [0.25, 0.3) is 0 Å². The van der Waals surface area contributed by atoms with E-state index in [4.69, 9.17) is 4.74 Å². The average molecular weight is 368 g/mol. The third kappa shape index (κ3) is 2.70. The van der Waals surface area contributed by atoms with Crippen molar-refractivity contribution < 1.29 is 24.2 Å². The molecule has 2 N–H and O–H groups in total. The number of benzene rings is 1. The molecule has 140 valence electrons. The van der Waals surface area contributed by atoms with Crippen molar-refractivity contribution in [2.24, 2.45) is 0 Å². The van der Waals surface area contributed by atoms with E-state index in [9.17, 15) is 19.5 Å². The second-order valence-corrected chi connectivity index (χ2v) is 6.83. The van der Waals surface area contributed by atoms with Gasteiger partial charge in [0.1, 0.15) is 11.4 Å². The number of phenols is 1. The minimum atomic E-state index is -0.734. The number of rotatable bonds is 2. The van der Waals surface area contributed by atoms with E-state index < -0.39 is 11.9 Å². The summed E-state index contributed by atoms with van der Waals surface area (Å²) in [6, 6.07) is 6.45. The number of carbonyl (C=O) groups excluding carboxylic acids is 3. The van der Waals surface area contributed by atoms with E-state index in [1.165, 1.54) is 19.2 Å². The highest BCUT2D eigenvalue weighted by Gasteiger charge is 2.45. The summed E-state index contributed by atoms with van der Waals surface area (Å²) in [6.07, 6.45) is 1.78. The van der Waals surface area contributed by atoms with Gasteiger partial charge in [0.2, 0.25) is 0 Å². The maximum Gasteiger partial charge on any atom is 0.337 e. The molecule has 1 aliphatic carbocycles. The van der Waals surface area contributed by atoms with Crippen LogP contribution in [-0.4, -0.2) is 47.9 Å². The number of nitrogens with zero attached hydrogens (tertiary/aromatic N) is 1. The number of fused-ring (bicyclic) bond motifs is 2. The minimum absolute atomic E-state index is 0.0302. The van der Waals surface area contributed by atoms with Gasteiger partial charge in [0.25, 0.3) is 5.91 Å². The van der Waals surface area contributed by atoms with Gasteiger partial charge in [0.15, 0.2) is 5.78 Å². The van der Waals surface area contributed by atoms with E-state index in [1.54, 1.807) is 17.0 Å². The first-order valence-electron chi connectivity index (χ1n) is 8.96. The number of hydrogen-bond acceptors (Lipinski definition) is 6. The van der Waals surface area contributed by atoms with E-state index in [-0.39, 0.29) is 28.7 Å². The van der Waals surface area contributed by atoms with Gasteiger partial charge in [-0.15, -0.1) is 0 Å². The van der Waals surface area contributed by atoms with Crippen LogP contribution in [0.4, 0.5) is 0 Å². The van der Waals surface area contributed by atoms with Gasteiger partial charge in [-0.25, -0.2) is 4.79 Å². The molecule has 1 amide bonds. The fourth-order valence-electron chi connectivity index (χ4n) is 4.23. The summed E-state index contributed by atoms with van der Waals surface area (Å²) in [7, 11) is 1.26. The summed E-state index contributed by atoms with van der Waals surface area (Å²) >= 11 is 0. The van der Waals surface area contributed by atoms with Gasteiger partial charge in [0, 0.05) is 36.7 Å². The van der Waals surface area contributed by atoms with Crippen LogP contribution >= 0.6 is 0 Å². The number of aromatic hydroxyl groups is 1. The number of methoxy groups -OCH3 is 1. The van der Waals surface area contributed by atoms with Crippen molar-refractivity contribution in [2.75, 3.05) is 20.2 Å². The lowest BCUT2D eigenvalue weighted by Gasteiger charge is -2.43. The molecule has 27 heavy (non-hydrogen) atoms. The van der Waals surface area contributed by atoms with Gasteiger partial charge in [-0.05, 0) is 30.5 Å². The summed E-state index contributed by atoms with van der Waals surface area (Å²) in [5, 5.41) is 12.7. The van der Waals surface area contributed by atoms with E-state index in [2.05, 4.69) is 5.32 Å². The number of amides is 1. The number of ketones is 1. The number of nitrogens with one attached hydrogen (secondary N) is 1. The number of carbonyl (C=O) groups is 3. The summed E-state index contributed by atoms with van der Waals surface area (Å²) < 4.78 is 4.98. The molecule has 0 radical (unpaired) electrons. The van der Waals surface area contributed by atoms with Crippen LogP contribution in [0.5, 0.6) is 5.75 Å². The van der Waals surface area contributed by atoms with Crippen molar-refractivity contribution in [3.8, 4) is 5.75 Å². The number of ether oxygens (including phenoxy) is 1. The molecule has 7 nitrogen and oxygen atoms in total. The first-order chi connectivity index (χ1) is 13.0. The fraction of sp³-hybridized carbons (Fsp3) is 0.350. The Morgan fingerprint density at radius 1 is 1.30 bits per heavy atom. The summed E-state index contributed by atoms with van der Waals surface area (Å²) in [6.45, 7) is 0.943. The molecule has 1 aromatic rings. The van der Waals surface area contributed by atoms with Gasteiger partial charge in [-0.1, -0.05) is 12.1 Å². The molecule has 0 saturated carbocycles. The molecule has 0 spiro atoms. The molecular formula is C20H20N2O5. The summed E-state index contributed by atoms with van der Waals surface area (Å²) in [5.74, 6) is -1.73. The molecule has 3 aliphatic rings. The Morgan fingerprint density at radius 3 is 2.85 bits per heavy atom. The quantitative estimate of drug-likeness (QED) is 0.765. The lowest BCUT2D eigenvalue weighted by Crippen LogP contribution is -2.50. The molecule has 1 fully saturated rings. The standard InChI is InChI=1S/C20H20N2O5/c1-27-20(26)17-15(11-4-2-5-12(23)10-11)16-13(6-3-7-14(16)24)22-9-8-21-19(25)18(17)22/h2,4-5,10,15,23H,3,6-9H2,1H3,(H,21,25)/t15-/m0/s1. The summed E-state index contributed by atoms with van der Waals surface area (Å²) in [5.41, 5.74) is 2.32. The van der Waals surface area contributed by atoms with Crippen LogP contribution in [0.3, 0.4) is 0 Å². The molecule has 1 saturated heterocycles. The second kappa shape index (κ2) is 6.57. The third-order valence-corrected chi connectivity index (χ3v) is 5.30. The van der Waals surface area contributed by atoms with Crippen LogP contribution in [0.15, 0.2) is 46.8 Å². The van der Waals surface area contributed by atoms with Gasteiger partial charge >= 0.3 is 5.97 Å². The molecule has 2 heterocycles. The molecule has 4 rings (SSSR count). The van der Waals surface area contributed by atoms with Crippen LogP contribution < -0.4 is 5.32 Å². The van der Waals surface area contributed by atoms with Gasteiger partial charge in [-0.3, -0.25) is 9.59 Å². The number of piperazine rings is 1. The number of Topliss-reactive ketones (excluding diaryl/α,β-unsaturated/α-hetero) is 1. The first kappa shape index (κ1) is 17.3. The molecular weight excluding hydrogens is 348 g/mol. The predicted octanol–water partition coefficient (Wildman–Crippen LogP) is 1.36. The number of phenolic OH excluding ortho intramolecular Hbond substituents is 1. The Hall–Kier alpha value is -3.09. The van der Waals surface area contributed by atoms with Crippen LogP contribution in [0.2, 0.25) is 0 Å². The highest BCUT2D eigenvalue weighted by molar-refractivity contribution is 6.09. The van der Waals surface area contributed by atoms with Crippen LogP contribution in [0, 0.1) is 0 Å². The molecule has 2 aliphatic heterocycles. The Bertz CT molecular complexity index is 915. The van der Waals surface area contributed by atoms with Crippen molar-refractivity contribution in [3.63, 3.8) is 0 Å². The maximum absolute atomic E-state index is 12.9. The maximum atomic E-state index is 12.9. The van der Waals surface area contributed by atoms with Gasteiger partial charge in [0.05, 0.1) is 12.7 Å². The average Bonchev–Trinajstić information content (AvgIpc) is 2.67. The normalized spacial score (nSPS) is 22.3. The smallest absolute Gasteiger partial charge is 0.337 e. The van der Waals surface area contributed by atoms with Gasteiger partial charge in [-0.2, -0.15) is 0 Å². The molecule has 1 atom stereocenters. The number of allylic oxidation sites excluding steroid dienone is 2. The zero-order valence-corrected chi connectivity index (χ0v) is 14.9. The predicted molar refractivity (Wildman–Crippen MR) is 95.5 cm³/mol. The zero-order chi connectivity index (χ0) is 19.1. The Balaban J connectivity index is 2.02. The minimum Gasteiger partial charge on any atom is -0.508 e. The number of hydrogen-bond donors (Lipinski definition) is 2. The Kier molecular flexibility index (Phi) is 4.22. The zero-order valence-electron chi connectivity index (χ0n) is 14.9. The van der Waals surface area contributed by atoms with E-state index in [0.29, 0.717) is 43.5 Å². The highest BCUT2D eigenvalue weighted by Crippen LogP contribution is 2.47. The number of esters is 1. The van der Waals surface area contributed by atoms with Gasteiger partial charge < -0.3 is 20.1 Å². The van der Waals surface area contributed by atoms with Crippen LogP contribution in [0.1, 0.15) is 30.7 Å². The molecule has 0 unspecified atom stereocenters. The van der Waals surface area contributed by atoms with E-state index in [1.807, 2.05) is 0 Å². The Labute approximate surface area is 156 Å². The topological polar surface area (TPSA) is 95.9 Å². The van der Waals surface area contributed by atoms with E-state index >= 15 is 0 Å². The molecule has 7 heteroatoms. The van der Waals surface area contributed by atoms with Crippen molar-refractivity contribution in [3.05, 3.63) is 52.4 Å².